The molecule has 0 aromatic carbocycles. The van der Waals surface area contributed by atoms with Crippen LogP contribution in [0.25, 0.3) is 0 Å². The highest BCUT2D eigenvalue weighted by Gasteiger charge is 2.70. The van der Waals surface area contributed by atoms with Crippen LogP contribution in [0.3, 0.4) is 0 Å². The van der Waals surface area contributed by atoms with Gasteiger partial charge in [-0.2, -0.15) is 0 Å². The van der Waals surface area contributed by atoms with Crippen LogP contribution < -0.4 is 0 Å². The van der Waals surface area contributed by atoms with E-state index in [0.29, 0.717) is 18.3 Å². The smallest absolute Gasteiger partial charge is 0.314 e. The molecule has 8 unspecified atom stereocenters. The molecule has 0 saturated heterocycles. The van der Waals surface area contributed by atoms with Crippen LogP contribution in [0.2, 0.25) is 0 Å². The Hall–Kier alpha value is -1.16. The van der Waals surface area contributed by atoms with Crippen LogP contribution in [-0.4, -0.2) is 28.1 Å². The van der Waals surface area contributed by atoms with Crippen molar-refractivity contribution in [2.75, 3.05) is 0 Å². The SMILES string of the molecule is CC(C)C1=C2C3CCC4C5(C)CCC(O)C(C)(C)C5CCC4(C)C3(C)CCC2(C(=O)O)CC1=O. The Balaban J connectivity index is 1.62. The number of aliphatic carboxylic acids is 1. The number of rotatable bonds is 2. The zero-order valence-electron chi connectivity index (χ0n) is 22.5. The van der Waals surface area contributed by atoms with Crippen molar-refractivity contribution in [2.45, 2.75) is 112 Å². The van der Waals surface area contributed by atoms with Crippen LogP contribution in [0.5, 0.6) is 0 Å². The summed E-state index contributed by atoms with van der Waals surface area (Å²) in [4.78, 5) is 26.0. The zero-order valence-corrected chi connectivity index (χ0v) is 22.5. The molecule has 0 radical (unpaired) electrons. The minimum Gasteiger partial charge on any atom is -0.481 e. The van der Waals surface area contributed by atoms with Gasteiger partial charge in [-0.3, -0.25) is 9.59 Å². The normalized spacial score (nSPS) is 49.9. The average Bonchev–Trinajstić information content (AvgIpc) is 3.05. The van der Waals surface area contributed by atoms with E-state index in [0.717, 1.165) is 56.1 Å². The summed E-state index contributed by atoms with van der Waals surface area (Å²) >= 11 is 0. The molecule has 0 aromatic heterocycles. The maximum Gasteiger partial charge on any atom is 0.314 e. The first-order valence-electron chi connectivity index (χ1n) is 13.9. The van der Waals surface area contributed by atoms with Gasteiger partial charge in [0.1, 0.15) is 0 Å². The second kappa shape index (κ2) is 7.20. The molecular formula is C30H46O4. The van der Waals surface area contributed by atoms with Crippen LogP contribution in [0, 0.1) is 50.7 Å². The summed E-state index contributed by atoms with van der Waals surface area (Å²) in [6.07, 6.45) is 7.77. The fraction of sp³-hybridized carbons (Fsp3) is 0.867. The van der Waals surface area contributed by atoms with Gasteiger partial charge >= 0.3 is 5.97 Å². The van der Waals surface area contributed by atoms with Gasteiger partial charge in [-0.15, -0.1) is 0 Å². The predicted octanol–water partition coefficient (Wildman–Crippen LogP) is 6.41. The van der Waals surface area contributed by atoms with Crippen LogP contribution in [-0.2, 0) is 9.59 Å². The van der Waals surface area contributed by atoms with Crippen molar-refractivity contribution in [3.63, 3.8) is 0 Å². The lowest BCUT2D eigenvalue weighted by Crippen LogP contribution is -2.65. The molecule has 34 heavy (non-hydrogen) atoms. The van der Waals surface area contributed by atoms with Gasteiger partial charge in [-0.1, -0.05) is 48.5 Å². The Morgan fingerprint density at radius 1 is 0.882 bits per heavy atom. The summed E-state index contributed by atoms with van der Waals surface area (Å²) in [5.41, 5.74) is 1.16. The molecular weight excluding hydrogens is 424 g/mol. The van der Waals surface area contributed by atoms with Crippen LogP contribution >= 0.6 is 0 Å². The lowest BCUT2D eigenvalue weighted by Gasteiger charge is -2.71. The molecule has 2 N–H and O–H groups in total. The first kappa shape index (κ1) is 24.5. The quantitative estimate of drug-likeness (QED) is 0.489. The number of aliphatic hydroxyl groups excluding tert-OH is 1. The number of hydrogen-bond donors (Lipinski definition) is 2. The first-order valence-corrected chi connectivity index (χ1v) is 13.9. The predicted molar refractivity (Wildman–Crippen MR) is 133 cm³/mol. The molecule has 8 atom stereocenters. The van der Waals surface area contributed by atoms with Crippen molar-refractivity contribution in [3.05, 3.63) is 11.1 Å². The fourth-order valence-electron chi connectivity index (χ4n) is 10.9. The standard InChI is InChI=1S/C30H46O4/c1-17(2)23-19(31)16-30(25(33)34)15-14-28(6)18(24(23)30)8-9-21-27(5)12-11-22(32)26(3,4)20(27)10-13-29(21,28)7/h17-18,20-22,32H,8-16H2,1-7H3,(H,33,34). The Morgan fingerprint density at radius 2 is 1.56 bits per heavy atom. The third-order valence-electron chi connectivity index (χ3n) is 12.8. The molecule has 0 aromatic rings. The fourth-order valence-corrected chi connectivity index (χ4v) is 10.9. The van der Waals surface area contributed by atoms with Gasteiger partial charge in [-0.05, 0) is 108 Å². The number of allylic oxidation sites excluding steroid dienone is 1. The van der Waals surface area contributed by atoms with E-state index in [1.54, 1.807) is 0 Å². The third kappa shape index (κ3) is 2.70. The number of Topliss-reactive ketones (excluding diaryl/α,β-unsaturated/α-hetero) is 1. The van der Waals surface area contributed by atoms with E-state index in [9.17, 15) is 19.8 Å². The molecule has 0 amide bonds. The molecule has 0 spiro atoms. The Kier molecular flexibility index (Phi) is 5.20. The molecule has 5 aliphatic carbocycles. The van der Waals surface area contributed by atoms with Gasteiger partial charge in [0.25, 0.3) is 0 Å². The number of hydrogen-bond acceptors (Lipinski definition) is 3. The van der Waals surface area contributed by atoms with Crippen molar-refractivity contribution < 1.29 is 19.8 Å². The molecule has 5 rings (SSSR count). The van der Waals surface area contributed by atoms with Crippen LogP contribution in [0.1, 0.15) is 106 Å². The van der Waals surface area contributed by atoms with Gasteiger partial charge in [-0.25, -0.2) is 0 Å². The van der Waals surface area contributed by atoms with Crippen molar-refractivity contribution in [3.8, 4) is 0 Å². The molecule has 5 aliphatic rings. The number of aliphatic hydroxyl groups is 1. The van der Waals surface area contributed by atoms with E-state index in [1.807, 2.05) is 0 Å². The maximum absolute atomic E-state index is 13.2. The lowest BCUT2D eigenvalue weighted by molar-refractivity contribution is -0.228. The van der Waals surface area contributed by atoms with Crippen molar-refractivity contribution >= 4 is 11.8 Å². The molecule has 4 heteroatoms. The van der Waals surface area contributed by atoms with Crippen LogP contribution in [0.15, 0.2) is 11.1 Å². The minimum atomic E-state index is -0.970. The van der Waals surface area contributed by atoms with Crippen molar-refractivity contribution in [1.82, 2.24) is 0 Å². The summed E-state index contributed by atoms with van der Waals surface area (Å²) in [6, 6.07) is 0. The maximum atomic E-state index is 13.2. The number of carbonyl (C=O) groups is 2. The number of fused-ring (bicyclic) bond motifs is 7. The first-order chi connectivity index (χ1) is 15.7. The lowest BCUT2D eigenvalue weighted by atomic mass is 9.33. The highest BCUT2D eigenvalue weighted by molar-refractivity contribution is 6.05. The van der Waals surface area contributed by atoms with E-state index < -0.39 is 11.4 Å². The summed E-state index contributed by atoms with van der Waals surface area (Å²) < 4.78 is 0. The van der Waals surface area contributed by atoms with Gasteiger partial charge in [0.15, 0.2) is 5.78 Å². The molecule has 0 aliphatic heterocycles. The Morgan fingerprint density at radius 3 is 2.18 bits per heavy atom. The number of ketones is 1. The van der Waals surface area contributed by atoms with E-state index in [4.69, 9.17) is 0 Å². The summed E-state index contributed by atoms with van der Waals surface area (Å²) in [5.74, 6) is 0.656. The number of carbonyl (C=O) groups excluding carboxylic acids is 1. The monoisotopic (exact) mass is 470 g/mol. The Labute approximate surface area is 206 Å². The van der Waals surface area contributed by atoms with Crippen molar-refractivity contribution in [2.24, 2.45) is 50.7 Å². The second-order valence-corrected chi connectivity index (χ2v) is 14.5. The summed E-state index contributed by atoms with van der Waals surface area (Å²) in [5, 5.41) is 21.3. The van der Waals surface area contributed by atoms with E-state index in [1.165, 1.54) is 0 Å². The largest absolute Gasteiger partial charge is 0.481 e. The third-order valence-corrected chi connectivity index (χ3v) is 12.8. The Bertz CT molecular complexity index is 961. The molecule has 190 valence electrons. The molecule has 4 saturated carbocycles. The van der Waals surface area contributed by atoms with Crippen LogP contribution in [0.4, 0.5) is 0 Å². The number of carboxylic acid groups (broad SMARTS) is 1. The molecule has 0 bridgehead atoms. The van der Waals surface area contributed by atoms with E-state index in [2.05, 4.69) is 48.5 Å². The van der Waals surface area contributed by atoms with Gasteiger partial charge < -0.3 is 10.2 Å². The molecule has 4 fully saturated rings. The van der Waals surface area contributed by atoms with E-state index in [-0.39, 0.29) is 51.8 Å². The zero-order chi connectivity index (χ0) is 25.1. The minimum absolute atomic E-state index is 0.00312. The highest BCUT2D eigenvalue weighted by Crippen LogP contribution is 2.76. The molecule has 0 heterocycles. The van der Waals surface area contributed by atoms with Crippen molar-refractivity contribution in [1.29, 1.82) is 0 Å². The average molecular weight is 471 g/mol. The summed E-state index contributed by atoms with van der Waals surface area (Å²) in [6.45, 7) is 16.2. The highest BCUT2D eigenvalue weighted by atomic mass is 16.4. The van der Waals surface area contributed by atoms with E-state index >= 15 is 0 Å². The van der Waals surface area contributed by atoms with Gasteiger partial charge in [0.2, 0.25) is 0 Å². The second-order valence-electron chi connectivity index (χ2n) is 14.5. The summed E-state index contributed by atoms with van der Waals surface area (Å²) in [7, 11) is 0. The topological polar surface area (TPSA) is 74.6 Å². The van der Waals surface area contributed by atoms with Gasteiger partial charge in [0.05, 0.1) is 11.5 Å². The van der Waals surface area contributed by atoms with Gasteiger partial charge in [0, 0.05) is 6.42 Å². The number of carboxylic acids is 1. The molecule has 4 nitrogen and oxygen atoms in total.